The van der Waals surface area contributed by atoms with E-state index in [9.17, 15) is 18.0 Å². The van der Waals surface area contributed by atoms with Crippen molar-refractivity contribution < 1.29 is 22.7 Å². The highest BCUT2D eigenvalue weighted by molar-refractivity contribution is 7.90. The van der Waals surface area contributed by atoms with Gasteiger partial charge in [-0.2, -0.15) is 0 Å². The maximum absolute atomic E-state index is 12.6. The van der Waals surface area contributed by atoms with Crippen LogP contribution in [0.25, 0.3) is 11.1 Å². The van der Waals surface area contributed by atoms with Gasteiger partial charge in [0.25, 0.3) is 0 Å². The van der Waals surface area contributed by atoms with Gasteiger partial charge in [0.2, 0.25) is 5.91 Å². The molecular weight excluding hydrogens is 516 g/mol. The van der Waals surface area contributed by atoms with Crippen LogP contribution in [0.15, 0.2) is 78.9 Å². The number of hydrogen-bond acceptors (Lipinski definition) is 7. The number of nitrogens with one attached hydrogen (secondary N) is 2. The third kappa shape index (κ3) is 8.13. The van der Waals surface area contributed by atoms with Gasteiger partial charge >= 0.3 is 6.09 Å². The molecule has 0 aliphatic carbocycles. The minimum absolute atomic E-state index is 0.134. The predicted molar refractivity (Wildman–Crippen MR) is 153 cm³/mol. The second-order valence-electron chi connectivity index (χ2n) is 9.65. The van der Waals surface area contributed by atoms with Crippen molar-refractivity contribution in [3.63, 3.8) is 0 Å². The molecular formula is C29H34N4O5S. The highest BCUT2D eigenvalue weighted by Crippen LogP contribution is 2.28. The quantitative estimate of drug-likeness (QED) is 0.360. The summed E-state index contributed by atoms with van der Waals surface area (Å²) in [4.78, 5) is 27.2. The summed E-state index contributed by atoms with van der Waals surface area (Å²) in [5, 5.41) is 4.62. The molecule has 3 aromatic carbocycles. The van der Waals surface area contributed by atoms with Crippen LogP contribution in [-0.4, -0.2) is 57.3 Å². The zero-order valence-corrected chi connectivity index (χ0v) is 22.7. The summed E-state index contributed by atoms with van der Waals surface area (Å²) in [5.41, 5.74) is 9.43. The SMILES string of the molecule is CS(=O)(=O)C(N)c1ccc(NC(=O)CCN2CCC(OC(=O)Nc3ccccc3-c3ccccc3)CC2)cc1. The average Bonchev–Trinajstić information content (AvgIpc) is 2.93. The number of anilines is 2. The van der Waals surface area contributed by atoms with E-state index in [1.54, 1.807) is 24.3 Å². The summed E-state index contributed by atoms with van der Waals surface area (Å²) >= 11 is 0. The summed E-state index contributed by atoms with van der Waals surface area (Å²) in [6.45, 7) is 2.04. The van der Waals surface area contributed by atoms with Crippen molar-refractivity contribution in [2.75, 3.05) is 36.5 Å². The highest BCUT2D eigenvalue weighted by Gasteiger charge is 2.23. The van der Waals surface area contributed by atoms with Crippen molar-refractivity contribution in [2.45, 2.75) is 30.7 Å². The van der Waals surface area contributed by atoms with Gasteiger partial charge in [0, 0.05) is 43.6 Å². The Labute approximate surface area is 229 Å². The molecule has 0 aromatic heterocycles. The van der Waals surface area contributed by atoms with Crippen LogP contribution in [0.4, 0.5) is 16.2 Å². The van der Waals surface area contributed by atoms with Gasteiger partial charge in [0.15, 0.2) is 9.84 Å². The largest absolute Gasteiger partial charge is 0.446 e. The number of amides is 2. The van der Waals surface area contributed by atoms with Crippen molar-refractivity contribution >= 4 is 33.2 Å². The normalized spacial score (nSPS) is 15.3. The molecule has 206 valence electrons. The second-order valence-corrected chi connectivity index (χ2v) is 11.8. The molecule has 0 radical (unpaired) electrons. The van der Waals surface area contributed by atoms with E-state index in [1.165, 1.54) is 0 Å². The lowest BCUT2D eigenvalue weighted by molar-refractivity contribution is -0.116. The van der Waals surface area contributed by atoms with Gasteiger partial charge in [-0.25, -0.2) is 13.2 Å². The topological polar surface area (TPSA) is 131 Å². The molecule has 2 amide bonds. The number of sulfone groups is 1. The van der Waals surface area contributed by atoms with Crippen LogP contribution in [0.2, 0.25) is 0 Å². The van der Waals surface area contributed by atoms with Crippen LogP contribution >= 0.6 is 0 Å². The van der Waals surface area contributed by atoms with E-state index in [0.717, 1.165) is 30.5 Å². The molecule has 9 nitrogen and oxygen atoms in total. The molecule has 1 saturated heterocycles. The maximum atomic E-state index is 12.6. The standard InChI is InChI=1S/C29H34N4O5S/c1-39(36,37)28(30)22-11-13-23(14-12-22)31-27(34)17-20-33-18-15-24(16-19-33)38-29(35)32-26-10-6-5-9-25(26)21-7-3-2-4-8-21/h2-14,24,28H,15-20,30H2,1H3,(H,31,34)(H,32,35). The Balaban J connectivity index is 1.18. The zero-order chi connectivity index (χ0) is 27.8. The summed E-state index contributed by atoms with van der Waals surface area (Å²) in [6, 6.07) is 24.0. The predicted octanol–water partition coefficient (Wildman–Crippen LogP) is 4.40. The number of ether oxygens (including phenoxy) is 1. The molecule has 1 aliphatic heterocycles. The lowest BCUT2D eigenvalue weighted by Crippen LogP contribution is -2.39. The fourth-order valence-electron chi connectivity index (χ4n) is 4.49. The summed E-state index contributed by atoms with van der Waals surface area (Å²) in [7, 11) is -3.40. The van der Waals surface area contributed by atoms with Crippen molar-refractivity contribution in [1.82, 2.24) is 4.90 Å². The minimum atomic E-state index is -3.40. The average molecular weight is 551 g/mol. The van der Waals surface area contributed by atoms with Crippen LogP contribution in [-0.2, 0) is 19.4 Å². The number of carbonyl (C=O) groups excluding carboxylic acids is 2. The summed E-state index contributed by atoms with van der Waals surface area (Å²) in [6.07, 6.45) is 2.13. The van der Waals surface area contributed by atoms with Gasteiger partial charge in [-0.3, -0.25) is 10.1 Å². The van der Waals surface area contributed by atoms with E-state index in [-0.39, 0.29) is 12.0 Å². The fourth-order valence-corrected chi connectivity index (χ4v) is 5.14. The Morgan fingerprint density at radius 1 is 0.949 bits per heavy atom. The number of rotatable bonds is 9. The Hall–Kier alpha value is -3.73. The molecule has 4 rings (SSSR count). The first-order valence-electron chi connectivity index (χ1n) is 12.9. The molecule has 3 aromatic rings. The Bertz CT molecular complexity index is 1370. The second kappa shape index (κ2) is 12.9. The van der Waals surface area contributed by atoms with Gasteiger partial charge in [-0.15, -0.1) is 0 Å². The number of para-hydroxylation sites is 1. The van der Waals surface area contributed by atoms with E-state index in [4.69, 9.17) is 10.5 Å². The molecule has 1 atom stereocenters. The van der Waals surface area contributed by atoms with Crippen molar-refractivity contribution in [3.05, 3.63) is 84.4 Å². The van der Waals surface area contributed by atoms with Gasteiger partial charge < -0.3 is 20.7 Å². The molecule has 10 heteroatoms. The molecule has 1 unspecified atom stereocenters. The zero-order valence-electron chi connectivity index (χ0n) is 21.9. The molecule has 0 spiro atoms. The van der Waals surface area contributed by atoms with Crippen LogP contribution in [0.3, 0.4) is 0 Å². The molecule has 0 bridgehead atoms. The molecule has 1 heterocycles. The minimum Gasteiger partial charge on any atom is -0.446 e. The van der Waals surface area contributed by atoms with Gasteiger partial charge in [0.1, 0.15) is 11.5 Å². The van der Waals surface area contributed by atoms with Crippen molar-refractivity contribution in [2.24, 2.45) is 5.73 Å². The number of benzene rings is 3. The van der Waals surface area contributed by atoms with Gasteiger partial charge in [-0.05, 0) is 42.2 Å². The highest BCUT2D eigenvalue weighted by atomic mass is 32.2. The lowest BCUT2D eigenvalue weighted by atomic mass is 10.0. The van der Waals surface area contributed by atoms with Crippen LogP contribution < -0.4 is 16.4 Å². The smallest absolute Gasteiger partial charge is 0.411 e. The van der Waals surface area contributed by atoms with Crippen molar-refractivity contribution in [3.8, 4) is 11.1 Å². The summed E-state index contributed by atoms with van der Waals surface area (Å²) in [5.74, 6) is -0.134. The fraction of sp³-hybridized carbons (Fsp3) is 0.310. The number of likely N-dealkylation sites (tertiary alicyclic amines) is 1. The van der Waals surface area contributed by atoms with Crippen LogP contribution in [0.5, 0.6) is 0 Å². The first kappa shape index (κ1) is 28.3. The molecule has 1 fully saturated rings. The number of piperidine rings is 1. The van der Waals surface area contributed by atoms with E-state index >= 15 is 0 Å². The van der Waals surface area contributed by atoms with E-state index in [0.29, 0.717) is 42.7 Å². The third-order valence-electron chi connectivity index (χ3n) is 6.70. The van der Waals surface area contributed by atoms with E-state index in [1.807, 2.05) is 54.6 Å². The lowest BCUT2D eigenvalue weighted by Gasteiger charge is -2.31. The summed E-state index contributed by atoms with van der Waals surface area (Å²) < 4.78 is 28.9. The first-order chi connectivity index (χ1) is 18.7. The first-order valence-corrected chi connectivity index (χ1v) is 14.8. The number of nitrogens with two attached hydrogens (primary N) is 1. The van der Waals surface area contributed by atoms with E-state index < -0.39 is 21.3 Å². The Morgan fingerprint density at radius 2 is 1.59 bits per heavy atom. The van der Waals surface area contributed by atoms with Crippen LogP contribution in [0, 0.1) is 0 Å². The third-order valence-corrected chi connectivity index (χ3v) is 7.89. The Morgan fingerprint density at radius 3 is 2.26 bits per heavy atom. The monoisotopic (exact) mass is 550 g/mol. The Kier molecular flexibility index (Phi) is 9.34. The van der Waals surface area contributed by atoms with Gasteiger partial charge in [-0.1, -0.05) is 60.7 Å². The van der Waals surface area contributed by atoms with Crippen molar-refractivity contribution in [1.29, 1.82) is 0 Å². The number of hydrogen-bond donors (Lipinski definition) is 3. The molecule has 4 N–H and O–H groups in total. The number of nitrogens with zero attached hydrogens (tertiary/aromatic N) is 1. The van der Waals surface area contributed by atoms with E-state index in [2.05, 4.69) is 15.5 Å². The van der Waals surface area contributed by atoms with Gasteiger partial charge in [0.05, 0.1) is 5.69 Å². The molecule has 1 aliphatic rings. The maximum Gasteiger partial charge on any atom is 0.411 e. The molecule has 39 heavy (non-hydrogen) atoms. The number of carbonyl (C=O) groups is 2. The molecule has 0 saturated carbocycles. The van der Waals surface area contributed by atoms with Crippen LogP contribution in [0.1, 0.15) is 30.2 Å².